The third-order valence-corrected chi connectivity index (χ3v) is 3.35. The Balaban J connectivity index is 1.72. The van der Waals surface area contributed by atoms with Crippen molar-refractivity contribution < 1.29 is 9.53 Å². The highest BCUT2D eigenvalue weighted by Crippen LogP contribution is 2.17. The third kappa shape index (κ3) is 3.34. The van der Waals surface area contributed by atoms with E-state index in [-0.39, 0.29) is 5.91 Å². The molecule has 2 aromatic carbocycles. The Labute approximate surface area is 132 Å². The maximum Gasteiger partial charge on any atom is 0.251 e. The molecular formula is C16H15N5O2. The average molecular weight is 309 g/mol. The topological polar surface area (TPSA) is 81.9 Å². The number of benzene rings is 2. The number of carbonyl (C=O) groups is 1. The molecule has 3 rings (SSSR count). The van der Waals surface area contributed by atoms with Crippen molar-refractivity contribution in [2.75, 3.05) is 7.11 Å². The van der Waals surface area contributed by atoms with E-state index in [0.717, 1.165) is 17.0 Å². The van der Waals surface area contributed by atoms with Crippen molar-refractivity contribution in [3.63, 3.8) is 0 Å². The Morgan fingerprint density at radius 1 is 1.22 bits per heavy atom. The lowest BCUT2D eigenvalue weighted by atomic mass is 10.1. The predicted octanol–water partition coefficient (Wildman–Crippen LogP) is 1.60. The Hall–Kier alpha value is -3.22. The SMILES string of the molecule is COc1ccccc1CNC(=O)c1cccc(-n2cnnn2)c1. The largest absolute Gasteiger partial charge is 0.496 e. The maximum absolute atomic E-state index is 12.3. The van der Waals surface area contributed by atoms with Crippen LogP contribution in [0.1, 0.15) is 15.9 Å². The van der Waals surface area contributed by atoms with Gasteiger partial charge in [-0.1, -0.05) is 24.3 Å². The van der Waals surface area contributed by atoms with Gasteiger partial charge in [-0.3, -0.25) is 4.79 Å². The number of nitrogens with zero attached hydrogens (tertiary/aromatic N) is 4. The smallest absolute Gasteiger partial charge is 0.251 e. The van der Waals surface area contributed by atoms with Crippen LogP contribution in [0.3, 0.4) is 0 Å². The molecule has 116 valence electrons. The second kappa shape index (κ2) is 6.69. The van der Waals surface area contributed by atoms with Crippen LogP contribution in [0.5, 0.6) is 5.75 Å². The van der Waals surface area contributed by atoms with Crippen molar-refractivity contribution in [2.45, 2.75) is 6.54 Å². The summed E-state index contributed by atoms with van der Waals surface area (Å²) in [6.45, 7) is 0.387. The number of para-hydroxylation sites is 1. The summed E-state index contributed by atoms with van der Waals surface area (Å²) in [4.78, 5) is 12.3. The summed E-state index contributed by atoms with van der Waals surface area (Å²) in [5, 5.41) is 13.9. The highest BCUT2D eigenvalue weighted by atomic mass is 16.5. The summed E-state index contributed by atoms with van der Waals surface area (Å²) >= 11 is 0. The molecule has 1 aromatic heterocycles. The van der Waals surface area contributed by atoms with E-state index >= 15 is 0 Å². The summed E-state index contributed by atoms with van der Waals surface area (Å²) in [5.41, 5.74) is 2.17. The first kappa shape index (κ1) is 14.7. The molecule has 0 bridgehead atoms. The molecule has 0 fully saturated rings. The summed E-state index contributed by atoms with van der Waals surface area (Å²) in [5.74, 6) is 0.570. The van der Waals surface area contributed by atoms with Crippen molar-refractivity contribution in [3.05, 3.63) is 66.0 Å². The second-order valence-corrected chi connectivity index (χ2v) is 4.80. The van der Waals surface area contributed by atoms with E-state index in [1.165, 1.54) is 11.0 Å². The van der Waals surface area contributed by atoms with Crippen LogP contribution in [0.4, 0.5) is 0 Å². The zero-order valence-electron chi connectivity index (χ0n) is 12.5. The van der Waals surface area contributed by atoms with Crippen molar-refractivity contribution >= 4 is 5.91 Å². The minimum absolute atomic E-state index is 0.175. The van der Waals surface area contributed by atoms with Crippen molar-refractivity contribution in [1.82, 2.24) is 25.5 Å². The first-order valence-electron chi connectivity index (χ1n) is 7.01. The molecule has 7 heteroatoms. The van der Waals surface area contributed by atoms with E-state index in [0.29, 0.717) is 12.1 Å². The number of aromatic nitrogens is 4. The highest BCUT2D eigenvalue weighted by Gasteiger charge is 2.09. The molecule has 0 radical (unpaired) electrons. The van der Waals surface area contributed by atoms with Crippen LogP contribution in [0, 0.1) is 0 Å². The van der Waals surface area contributed by atoms with Crippen LogP contribution in [-0.4, -0.2) is 33.2 Å². The molecule has 0 spiro atoms. The van der Waals surface area contributed by atoms with Crippen LogP contribution in [0.2, 0.25) is 0 Å². The molecule has 0 unspecified atom stereocenters. The normalized spacial score (nSPS) is 10.3. The van der Waals surface area contributed by atoms with Gasteiger partial charge in [0.2, 0.25) is 0 Å². The van der Waals surface area contributed by atoms with Gasteiger partial charge in [-0.15, -0.1) is 5.10 Å². The average Bonchev–Trinajstić information content (AvgIpc) is 3.14. The van der Waals surface area contributed by atoms with Gasteiger partial charge in [0.25, 0.3) is 5.91 Å². The zero-order valence-corrected chi connectivity index (χ0v) is 12.5. The van der Waals surface area contributed by atoms with Crippen LogP contribution >= 0.6 is 0 Å². The minimum Gasteiger partial charge on any atom is -0.496 e. The molecule has 0 aliphatic rings. The predicted molar refractivity (Wildman–Crippen MR) is 83.3 cm³/mol. The van der Waals surface area contributed by atoms with Gasteiger partial charge in [-0.05, 0) is 34.7 Å². The van der Waals surface area contributed by atoms with E-state index in [1.54, 1.807) is 25.3 Å². The highest BCUT2D eigenvalue weighted by molar-refractivity contribution is 5.94. The summed E-state index contributed by atoms with van der Waals surface area (Å²) in [7, 11) is 1.61. The van der Waals surface area contributed by atoms with E-state index in [4.69, 9.17) is 4.74 Å². The van der Waals surface area contributed by atoms with E-state index in [2.05, 4.69) is 20.8 Å². The van der Waals surface area contributed by atoms with Crippen LogP contribution in [0.25, 0.3) is 5.69 Å². The molecule has 0 saturated carbocycles. The molecule has 7 nitrogen and oxygen atoms in total. The lowest BCUT2D eigenvalue weighted by Gasteiger charge is -2.10. The van der Waals surface area contributed by atoms with E-state index < -0.39 is 0 Å². The van der Waals surface area contributed by atoms with Crippen molar-refractivity contribution in [2.24, 2.45) is 0 Å². The Bertz CT molecular complexity index is 802. The minimum atomic E-state index is -0.175. The Morgan fingerprint density at radius 3 is 2.87 bits per heavy atom. The number of hydrogen-bond donors (Lipinski definition) is 1. The third-order valence-electron chi connectivity index (χ3n) is 3.35. The van der Waals surface area contributed by atoms with Gasteiger partial charge in [-0.2, -0.15) is 0 Å². The lowest BCUT2D eigenvalue weighted by molar-refractivity contribution is 0.0950. The fraction of sp³-hybridized carbons (Fsp3) is 0.125. The summed E-state index contributed by atoms with van der Waals surface area (Å²) in [6.07, 6.45) is 1.48. The van der Waals surface area contributed by atoms with Crippen molar-refractivity contribution in [3.8, 4) is 11.4 Å². The standard InChI is InChI=1S/C16H15N5O2/c1-23-15-8-3-2-5-13(15)10-17-16(22)12-6-4-7-14(9-12)21-11-18-19-20-21/h2-9,11H,10H2,1H3,(H,17,22). The number of methoxy groups -OCH3 is 1. The molecule has 23 heavy (non-hydrogen) atoms. The molecule has 0 aliphatic heterocycles. The van der Waals surface area contributed by atoms with E-state index in [1.807, 2.05) is 30.3 Å². The number of ether oxygens (including phenoxy) is 1. The number of rotatable bonds is 5. The van der Waals surface area contributed by atoms with Crippen LogP contribution in [0.15, 0.2) is 54.9 Å². The van der Waals surface area contributed by atoms with Gasteiger partial charge in [0, 0.05) is 17.7 Å². The van der Waals surface area contributed by atoms with Gasteiger partial charge in [0.1, 0.15) is 12.1 Å². The molecule has 1 N–H and O–H groups in total. The van der Waals surface area contributed by atoms with Crippen LogP contribution in [-0.2, 0) is 6.54 Å². The first-order valence-corrected chi connectivity index (χ1v) is 7.01. The van der Waals surface area contributed by atoms with E-state index in [9.17, 15) is 4.79 Å². The van der Waals surface area contributed by atoms with Crippen molar-refractivity contribution in [1.29, 1.82) is 0 Å². The maximum atomic E-state index is 12.3. The molecule has 0 saturated heterocycles. The summed E-state index contributed by atoms with van der Waals surface area (Å²) in [6, 6.07) is 14.7. The first-order chi connectivity index (χ1) is 11.3. The molecule has 1 amide bonds. The monoisotopic (exact) mass is 309 g/mol. The number of tetrazole rings is 1. The molecule has 0 aliphatic carbocycles. The Morgan fingerprint density at radius 2 is 2.09 bits per heavy atom. The van der Waals surface area contributed by atoms with Gasteiger partial charge in [0.05, 0.1) is 12.8 Å². The fourth-order valence-corrected chi connectivity index (χ4v) is 2.20. The number of amides is 1. The van der Waals surface area contributed by atoms with Gasteiger partial charge >= 0.3 is 0 Å². The number of nitrogens with one attached hydrogen (secondary N) is 1. The van der Waals surface area contributed by atoms with Gasteiger partial charge in [-0.25, -0.2) is 4.68 Å². The summed E-state index contributed by atoms with van der Waals surface area (Å²) < 4.78 is 6.77. The number of carbonyl (C=O) groups excluding carboxylic acids is 1. The molecular weight excluding hydrogens is 294 g/mol. The van der Waals surface area contributed by atoms with Gasteiger partial charge < -0.3 is 10.1 Å². The van der Waals surface area contributed by atoms with Crippen LogP contribution < -0.4 is 10.1 Å². The Kier molecular flexibility index (Phi) is 4.28. The number of hydrogen-bond acceptors (Lipinski definition) is 5. The quantitative estimate of drug-likeness (QED) is 0.774. The van der Waals surface area contributed by atoms with Gasteiger partial charge in [0.15, 0.2) is 0 Å². The molecule has 3 aromatic rings. The zero-order chi connectivity index (χ0) is 16.1. The second-order valence-electron chi connectivity index (χ2n) is 4.80. The molecule has 0 atom stereocenters. The molecule has 1 heterocycles. The lowest BCUT2D eigenvalue weighted by Crippen LogP contribution is -2.23. The fourth-order valence-electron chi connectivity index (χ4n) is 2.20.